The van der Waals surface area contributed by atoms with Crippen LogP contribution in [0.15, 0.2) is 18.3 Å². The van der Waals surface area contributed by atoms with Gasteiger partial charge in [-0.2, -0.15) is 0 Å². The highest BCUT2D eigenvalue weighted by Crippen LogP contribution is 2.62. The van der Waals surface area contributed by atoms with Crippen molar-refractivity contribution in [2.75, 3.05) is 5.32 Å². The molecule has 0 aliphatic heterocycles. The van der Waals surface area contributed by atoms with E-state index < -0.39 is 17.4 Å². The lowest BCUT2D eigenvalue weighted by Gasteiger charge is -2.60. The van der Waals surface area contributed by atoms with E-state index in [1.165, 1.54) is 13.1 Å². The molecule has 0 aromatic carbocycles. The lowest BCUT2D eigenvalue weighted by molar-refractivity contribution is -0.181. The van der Waals surface area contributed by atoms with E-state index >= 15 is 0 Å². The molecule has 1 aromatic rings. The smallest absolute Gasteiger partial charge is 0.312 e. The molecule has 0 saturated heterocycles. The SMILES string of the molecule is CC(=O)NC12C[C@H]3C[C@@H](C1)CC(C(=O)O[C@H](C)C(=O)Nc1ccc(Cl)cn1)(C3)C2. The number of pyridine rings is 1. The largest absolute Gasteiger partial charge is 0.452 e. The Morgan fingerprint density at radius 1 is 1.21 bits per heavy atom. The number of anilines is 1. The summed E-state index contributed by atoms with van der Waals surface area (Å²) in [5.74, 6) is 0.360. The van der Waals surface area contributed by atoms with Gasteiger partial charge in [-0.15, -0.1) is 0 Å². The molecule has 1 heterocycles. The second-order valence-corrected chi connectivity index (χ2v) is 9.54. The minimum absolute atomic E-state index is 0.0568. The van der Waals surface area contributed by atoms with E-state index in [9.17, 15) is 14.4 Å². The zero-order valence-electron chi connectivity index (χ0n) is 16.7. The third-order valence-corrected chi connectivity index (χ3v) is 6.79. The van der Waals surface area contributed by atoms with Gasteiger partial charge in [0.25, 0.3) is 5.91 Å². The molecule has 4 fully saturated rings. The molecule has 2 N–H and O–H groups in total. The maximum absolute atomic E-state index is 13.2. The van der Waals surface area contributed by atoms with Crippen LogP contribution in [0.3, 0.4) is 0 Å². The van der Waals surface area contributed by atoms with Crippen LogP contribution in [0.2, 0.25) is 5.02 Å². The molecule has 156 valence electrons. The van der Waals surface area contributed by atoms with Crippen LogP contribution in [0.4, 0.5) is 5.82 Å². The van der Waals surface area contributed by atoms with Crippen LogP contribution >= 0.6 is 11.6 Å². The molecular formula is C21H26ClN3O4. The van der Waals surface area contributed by atoms with Crippen LogP contribution in [0.25, 0.3) is 0 Å². The summed E-state index contributed by atoms with van der Waals surface area (Å²) in [5, 5.41) is 6.24. The van der Waals surface area contributed by atoms with Crippen LogP contribution in [0, 0.1) is 17.3 Å². The fourth-order valence-electron chi connectivity index (χ4n) is 6.04. The number of ether oxygens (including phenoxy) is 1. The van der Waals surface area contributed by atoms with Gasteiger partial charge < -0.3 is 15.4 Å². The van der Waals surface area contributed by atoms with Crippen molar-refractivity contribution in [3.8, 4) is 0 Å². The lowest BCUT2D eigenvalue weighted by atomic mass is 9.47. The number of hydrogen-bond donors (Lipinski definition) is 2. The molecule has 0 radical (unpaired) electrons. The quantitative estimate of drug-likeness (QED) is 0.715. The second-order valence-electron chi connectivity index (χ2n) is 9.10. The van der Waals surface area contributed by atoms with E-state index in [4.69, 9.17) is 16.3 Å². The summed E-state index contributed by atoms with van der Waals surface area (Å²) in [4.78, 5) is 41.4. The van der Waals surface area contributed by atoms with Gasteiger partial charge in [-0.05, 0) is 69.4 Å². The van der Waals surface area contributed by atoms with Crippen molar-refractivity contribution < 1.29 is 19.1 Å². The summed E-state index contributed by atoms with van der Waals surface area (Å²) in [6, 6.07) is 3.21. The van der Waals surface area contributed by atoms with Gasteiger partial charge >= 0.3 is 5.97 Å². The Kier molecular flexibility index (Phi) is 5.05. The standard InChI is InChI=1S/C21H26ClN3O4/c1-12(18(27)24-17-4-3-16(22)10-23-17)29-19(28)20-6-14-5-15(7-20)9-21(8-14,11-20)25-13(2)26/h3-4,10,12,14-15H,5-9,11H2,1-2H3,(H,25,26)(H,23,24,27)/t12-,14-,15+,20?,21?/m1/s1. The van der Waals surface area contributed by atoms with Gasteiger partial charge in [0.05, 0.1) is 10.4 Å². The Bertz CT molecular complexity index is 827. The highest BCUT2D eigenvalue weighted by Gasteiger charge is 2.61. The number of carbonyl (C=O) groups excluding carboxylic acids is 3. The molecule has 29 heavy (non-hydrogen) atoms. The second kappa shape index (κ2) is 7.27. The third-order valence-electron chi connectivity index (χ3n) is 6.57. The lowest BCUT2D eigenvalue weighted by Crippen LogP contribution is -2.65. The first-order valence-electron chi connectivity index (χ1n) is 10.1. The number of hydrogen-bond acceptors (Lipinski definition) is 5. The fourth-order valence-corrected chi connectivity index (χ4v) is 6.15. The first kappa shape index (κ1) is 20.1. The van der Waals surface area contributed by atoms with Gasteiger partial charge in [-0.25, -0.2) is 4.98 Å². The zero-order chi connectivity index (χ0) is 20.8. The van der Waals surface area contributed by atoms with Gasteiger partial charge in [0, 0.05) is 18.7 Å². The summed E-state index contributed by atoms with van der Waals surface area (Å²) < 4.78 is 5.63. The number of carbonyl (C=O) groups is 3. The summed E-state index contributed by atoms with van der Waals surface area (Å²) >= 11 is 5.80. The molecule has 7 nitrogen and oxygen atoms in total. The van der Waals surface area contributed by atoms with Crippen molar-refractivity contribution in [1.29, 1.82) is 0 Å². The number of amides is 2. The van der Waals surface area contributed by atoms with Crippen LogP contribution in [0.5, 0.6) is 0 Å². The van der Waals surface area contributed by atoms with Crippen molar-refractivity contribution >= 4 is 35.2 Å². The molecule has 0 spiro atoms. The minimum Gasteiger partial charge on any atom is -0.452 e. The molecule has 2 amide bonds. The monoisotopic (exact) mass is 419 g/mol. The van der Waals surface area contributed by atoms with Crippen LogP contribution in [-0.2, 0) is 19.1 Å². The van der Waals surface area contributed by atoms with Gasteiger partial charge in [-0.3, -0.25) is 14.4 Å². The van der Waals surface area contributed by atoms with Crippen LogP contribution < -0.4 is 10.6 Å². The van der Waals surface area contributed by atoms with Crippen molar-refractivity contribution in [3.63, 3.8) is 0 Å². The van der Waals surface area contributed by atoms with E-state index in [0.717, 1.165) is 32.1 Å². The summed E-state index contributed by atoms with van der Waals surface area (Å²) in [5.41, 5.74) is -0.923. The summed E-state index contributed by atoms with van der Waals surface area (Å²) in [6.07, 6.45) is 5.60. The molecule has 2 unspecified atom stereocenters. The maximum Gasteiger partial charge on any atom is 0.312 e. The number of rotatable bonds is 5. The molecule has 4 saturated carbocycles. The van der Waals surface area contributed by atoms with Gasteiger partial charge in [0.1, 0.15) is 5.82 Å². The Morgan fingerprint density at radius 3 is 2.48 bits per heavy atom. The topological polar surface area (TPSA) is 97.4 Å². The highest BCUT2D eigenvalue weighted by molar-refractivity contribution is 6.30. The van der Waals surface area contributed by atoms with E-state index in [-0.39, 0.29) is 17.4 Å². The minimum atomic E-state index is -0.940. The number of esters is 1. The Hall–Kier alpha value is -2.15. The van der Waals surface area contributed by atoms with Gasteiger partial charge in [0.15, 0.2) is 6.10 Å². The zero-order valence-corrected chi connectivity index (χ0v) is 17.4. The maximum atomic E-state index is 13.2. The molecule has 5 rings (SSSR count). The number of halogens is 1. The number of aromatic nitrogens is 1. The van der Waals surface area contributed by atoms with Crippen molar-refractivity contribution in [1.82, 2.24) is 10.3 Å². The van der Waals surface area contributed by atoms with E-state index in [0.29, 0.717) is 29.1 Å². The van der Waals surface area contributed by atoms with Crippen LogP contribution in [0.1, 0.15) is 52.4 Å². The predicted octanol–water partition coefficient (Wildman–Crippen LogP) is 3.08. The van der Waals surface area contributed by atoms with E-state index in [2.05, 4.69) is 15.6 Å². The third kappa shape index (κ3) is 3.97. The molecular weight excluding hydrogens is 394 g/mol. The van der Waals surface area contributed by atoms with Crippen LogP contribution in [-0.4, -0.2) is 34.4 Å². The summed E-state index contributed by atoms with van der Waals surface area (Å²) in [7, 11) is 0. The Labute approximate surface area is 174 Å². The van der Waals surface area contributed by atoms with Crippen molar-refractivity contribution in [2.24, 2.45) is 17.3 Å². The normalized spacial score (nSPS) is 33.1. The molecule has 5 atom stereocenters. The summed E-state index contributed by atoms with van der Waals surface area (Å²) in [6.45, 7) is 3.09. The fraction of sp³-hybridized carbons (Fsp3) is 0.619. The average molecular weight is 420 g/mol. The molecule has 8 heteroatoms. The Balaban J connectivity index is 1.44. The van der Waals surface area contributed by atoms with Crippen molar-refractivity contribution in [2.45, 2.75) is 64.0 Å². The highest BCUT2D eigenvalue weighted by atomic mass is 35.5. The molecule has 1 aromatic heterocycles. The average Bonchev–Trinajstić information content (AvgIpc) is 2.61. The first-order chi connectivity index (χ1) is 13.7. The number of nitrogens with zero attached hydrogens (tertiary/aromatic N) is 1. The van der Waals surface area contributed by atoms with Gasteiger partial charge in [0.2, 0.25) is 5.91 Å². The van der Waals surface area contributed by atoms with E-state index in [1.807, 2.05) is 0 Å². The molecule has 4 aliphatic rings. The van der Waals surface area contributed by atoms with Crippen molar-refractivity contribution in [3.05, 3.63) is 23.4 Å². The molecule has 4 bridgehead atoms. The predicted molar refractivity (Wildman–Crippen MR) is 107 cm³/mol. The van der Waals surface area contributed by atoms with Gasteiger partial charge in [-0.1, -0.05) is 11.6 Å². The first-order valence-corrected chi connectivity index (χ1v) is 10.5. The molecule has 4 aliphatic carbocycles. The van der Waals surface area contributed by atoms with E-state index in [1.54, 1.807) is 19.1 Å². The number of nitrogens with one attached hydrogen (secondary N) is 2. The Morgan fingerprint density at radius 2 is 1.90 bits per heavy atom.